The molecule has 0 aliphatic carbocycles. The summed E-state index contributed by atoms with van der Waals surface area (Å²) >= 11 is 0. The smallest absolute Gasteiger partial charge is 0.253 e. The van der Waals surface area contributed by atoms with Crippen LogP contribution in [0.5, 0.6) is 0 Å². The van der Waals surface area contributed by atoms with Gasteiger partial charge in [0.2, 0.25) is 0 Å². The third-order valence-electron chi connectivity index (χ3n) is 7.54. The number of ether oxygens (including phenoxy) is 2. The molecular formula is C31H35F2N3O4. The van der Waals surface area contributed by atoms with Gasteiger partial charge in [-0.05, 0) is 61.6 Å². The minimum absolute atomic E-state index is 0.0355. The van der Waals surface area contributed by atoms with Crippen molar-refractivity contribution in [3.05, 3.63) is 94.8 Å². The van der Waals surface area contributed by atoms with Crippen LogP contribution in [0.25, 0.3) is 0 Å². The second-order valence-corrected chi connectivity index (χ2v) is 11.3. The summed E-state index contributed by atoms with van der Waals surface area (Å²) in [6.07, 6.45) is 5.61. The molecule has 1 aromatic heterocycles. The van der Waals surface area contributed by atoms with Gasteiger partial charge in [0.05, 0.1) is 31.0 Å². The first-order valence-electron chi connectivity index (χ1n) is 13.5. The Labute approximate surface area is 233 Å². The average molecular weight is 552 g/mol. The summed E-state index contributed by atoms with van der Waals surface area (Å²) in [5, 5.41) is 9.87. The lowest BCUT2D eigenvalue weighted by Crippen LogP contribution is -2.42. The molecule has 0 unspecified atom stereocenters. The van der Waals surface area contributed by atoms with Crippen molar-refractivity contribution >= 4 is 11.6 Å². The fourth-order valence-corrected chi connectivity index (χ4v) is 5.37. The maximum atomic E-state index is 14.0. The highest BCUT2D eigenvalue weighted by Gasteiger charge is 2.42. The van der Waals surface area contributed by atoms with Gasteiger partial charge in [0.1, 0.15) is 6.61 Å². The van der Waals surface area contributed by atoms with Gasteiger partial charge in [-0.2, -0.15) is 0 Å². The van der Waals surface area contributed by atoms with Gasteiger partial charge >= 0.3 is 0 Å². The van der Waals surface area contributed by atoms with Gasteiger partial charge in [-0.3, -0.25) is 14.7 Å². The van der Waals surface area contributed by atoms with Crippen LogP contribution in [0.3, 0.4) is 0 Å². The molecule has 2 aliphatic rings. The Morgan fingerprint density at radius 2 is 1.82 bits per heavy atom. The Kier molecular flexibility index (Phi) is 8.28. The number of aliphatic hydroxyl groups is 1. The Morgan fingerprint density at radius 1 is 1.10 bits per heavy atom. The zero-order valence-electron chi connectivity index (χ0n) is 22.9. The van der Waals surface area contributed by atoms with Crippen LogP contribution in [0.1, 0.15) is 48.9 Å². The summed E-state index contributed by atoms with van der Waals surface area (Å²) in [7, 11) is 0. The van der Waals surface area contributed by atoms with Gasteiger partial charge < -0.3 is 19.5 Å². The normalized spacial score (nSPS) is 16.7. The van der Waals surface area contributed by atoms with Crippen molar-refractivity contribution in [2.24, 2.45) is 0 Å². The third kappa shape index (κ3) is 6.55. The number of rotatable bonds is 9. The Balaban J connectivity index is 1.21. The predicted octanol–water partition coefficient (Wildman–Crippen LogP) is 4.70. The van der Waals surface area contributed by atoms with Crippen molar-refractivity contribution in [3.8, 4) is 0 Å². The van der Waals surface area contributed by atoms with Gasteiger partial charge in [0.15, 0.2) is 11.6 Å². The molecule has 0 saturated carbocycles. The van der Waals surface area contributed by atoms with Gasteiger partial charge in [-0.1, -0.05) is 24.3 Å². The average Bonchev–Trinajstić information content (AvgIpc) is 3.28. The lowest BCUT2D eigenvalue weighted by atomic mass is 9.84. The molecule has 3 aromatic rings. The number of halogens is 2. The van der Waals surface area contributed by atoms with Gasteiger partial charge in [0, 0.05) is 49.3 Å². The van der Waals surface area contributed by atoms with Gasteiger partial charge in [0.25, 0.3) is 5.91 Å². The molecule has 40 heavy (non-hydrogen) atoms. The predicted molar refractivity (Wildman–Crippen MR) is 146 cm³/mol. The summed E-state index contributed by atoms with van der Waals surface area (Å²) in [6, 6.07) is 13.4. The molecule has 1 saturated heterocycles. The molecule has 2 aromatic carbocycles. The second kappa shape index (κ2) is 11.7. The number of pyridine rings is 1. The van der Waals surface area contributed by atoms with Crippen LogP contribution in [0.15, 0.2) is 60.9 Å². The molecule has 2 aliphatic heterocycles. The van der Waals surface area contributed by atoms with E-state index in [0.717, 1.165) is 55.7 Å². The molecule has 9 heteroatoms. The second-order valence-electron chi connectivity index (χ2n) is 11.3. The van der Waals surface area contributed by atoms with Crippen molar-refractivity contribution in [2.45, 2.75) is 57.6 Å². The number of anilines is 1. The molecule has 5 rings (SSSR count). The first-order chi connectivity index (χ1) is 19.1. The number of hydrogen-bond acceptors (Lipinski definition) is 6. The quantitative estimate of drug-likeness (QED) is 0.416. The molecule has 1 fully saturated rings. The number of likely N-dealkylation sites (tertiary alicyclic amines) is 1. The fraction of sp³-hybridized carbons (Fsp3) is 0.419. The van der Waals surface area contributed by atoms with Crippen LogP contribution in [-0.2, 0) is 39.6 Å². The topological polar surface area (TPSA) is 75.1 Å². The molecule has 1 amide bonds. The number of nitrogens with zero attached hydrogens (tertiary/aromatic N) is 3. The summed E-state index contributed by atoms with van der Waals surface area (Å²) < 4.78 is 39.2. The summed E-state index contributed by atoms with van der Waals surface area (Å²) in [6.45, 7) is 6.25. The van der Waals surface area contributed by atoms with E-state index in [1.165, 1.54) is 22.1 Å². The van der Waals surface area contributed by atoms with Crippen LogP contribution in [0.2, 0.25) is 0 Å². The summed E-state index contributed by atoms with van der Waals surface area (Å²) in [5.41, 5.74) is 3.36. The van der Waals surface area contributed by atoms with Crippen LogP contribution >= 0.6 is 0 Å². The molecular weight excluding hydrogens is 516 g/mol. The van der Waals surface area contributed by atoms with Gasteiger partial charge in [-0.15, -0.1) is 0 Å². The number of fused-ring (bicyclic) bond motifs is 2. The molecule has 212 valence electrons. The van der Waals surface area contributed by atoms with E-state index in [1.807, 2.05) is 42.7 Å². The standard InChI is InChI=1S/C31H35F2N3O4/c1-30(2,38)21-39-20-29(37)36(25-7-8-27(32)28(33)15-25)18-23-5-3-22(4-6-23)17-35-13-10-31(11-14-35)26-16-34-12-9-24(26)19-40-31/h3-9,12,15-16,38H,10-11,13-14,17-21H2,1-2H3. The monoisotopic (exact) mass is 551 g/mol. The highest BCUT2D eigenvalue weighted by Crippen LogP contribution is 2.43. The number of amides is 1. The number of piperidine rings is 1. The van der Waals surface area contributed by atoms with Crippen LogP contribution in [0.4, 0.5) is 14.5 Å². The SMILES string of the molecule is CC(C)(O)COCC(=O)N(Cc1ccc(CN2CCC3(CC2)OCc2ccncc23)cc1)c1ccc(F)c(F)c1. The molecule has 0 bridgehead atoms. The summed E-state index contributed by atoms with van der Waals surface area (Å²) in [4.78, 5) is 21.1. The zero-order chi connectivity index (χ0) is 28.3. The van der Waals surface area contributed by atoms with E-state index in [1.54, 1.807) is 13.8 Å². The molecule has 1 N–H and O–H groups in total. The van der Waals surface area contributed by atoms with E-state index in [9.17, 15) is 18.7 Å². The maximum absolute atomic E-state index is 14.0. The highest BCUT2D eigenvalue weighted by atomic mass is 19.2. The van der Waals surface area contributed by atoms with E-state index in [-0.39, 0.29) is 31.0 Å². The first kappa shape index (κ1) is 28.3. The van der Waals surface area contributed by atoms with Crippen molar-refractivity contribution in [2.75, 3.05) is 31.2 Å². The zero-order valence-corrected chi connectivity index (χ0v) is 22.9. The maximum Gasteiger partial charge on any atom is 0.253 e. The number of hydrogen-bond donors (Lipinski definition) is 1. The lowest BCUT2D eigenvalue weighted by Gasteiger charge is -2.39. The number of benzene rings is 2. The lowest BCUT2D eigenvalue weighted by molar-refractivity contribution is -0.125. The van der Waals surface area contributed by atoms with E-state index >= 15 is 0 Å². The minimum Gasteiger partial charge on any atom is -0.388 e. The first-order valence-corrected chi connectivity index (χ1v) is 13.5. The van der Waals surface area contributed by atoms with Crippen LogP contribution in [-0.4, -0.2) is 52.8 Å². The largest absolute Gasteiger partial charge is 0.388 e. The van der Waals surface area contributed by atoms with E-state index in [2.05, 4.69) is 9.88 Å². The minimum atomic E-state index is -1.09. The fourth-order valence-electron chi connectivity index (χ4n) is 5.37. The number of carbonyl (C=O) groups is 1. The molecule has 3 heterocycles. The Hall–Kier alpha value is -3.24. The van der Waals surface area contributed by atoms with Crippen molar-refractivity contribution < 1.29 is 28.2 Å². The third-order valence-corrected chi connectivity index (χ3v) is 7.54. The number of carbonyl (C=O) groups excluding carboxylic acids is 1. The van der Waals surface area contributed by atoms with E-state index < -0.39 is 23.1 Å². The highest BCUT2D eigenvalue weighted by molar-refractivity contribution is 5.94. The van der Waals surface area contributed by atoms with E-state index in [0.29, 0.717) is 6.61 Å². The van der Waals surface area contributed by atoms with Crippen molar-refractivity contribution in [1.82, 2.24) is 9.88 Å². The van der Waals surface area contributed by atoms with Gasteiger partial charge in [-0.25, -0.2) is 8.78 Å². The Morgan fingerprint density at radius 3 is 2.52 bits per heavy atom. The molecule has 0 atom stereocenters. The summed E-state index contributed by atoms with van der Waals surface area (Å²) in [5.74, 6) is -2.44. The van der Waals surface area contributed by atoms with Crippen molar-refractivity contribution in [1.29, 1.82) is 0 Å². The molecule has 0 radical (unpaired) electrons. The van der Waals surface area contributed by atoms with E-state index in [4.69, 9.17) is 9.47 Å². The van der Waals surface area contributed by atoms with Crippen LogP contribution in [0, 0.1) is 11.6 Å². The van der Waals surface area contributed by atoms with Crippen molar-refractivity contribution in [3.63, 3.8) is 0 Å². The molecule has 7 nitrogen and oxygen atoms in total. The van der Waals surface area contributed by atoms with Crippen LogP contribution < -0.4 is 4.90 Å². The Bertz CT molecular complexity index is 1340. The number of aromatic nitrogens is 1. The molecule has 1 spiro atoms.